The van der Waals surface area contributed by atoms with E-state index >= 15 is 0 Å². The van der Waals surface area contributed by atoms with Gasteiger partial charge in [-0.25, -0.2) is 9.59 Å². The number of benzene rings is 1. The topological polar surface area (TPSA) is 123 Å². The minimum absolute atomic E-state index is 0.134. The second kappa shape index (κ2) is 9.45. The van der Waals surface area contributed by atoms with Crippen LogP contribution in [0.15, 0.2) is 30.5 Å². The Morgan fingerprint density at radius 3 is 2.72 bits per heavy atom. The van der Waals surface area contributed by atoms with Crippen LogP contribution in [-0.2, 0) is 16.0 Å². The van der Waals surface area contributed by atoms with Gasteiger partial charge in [-0.3, -0.25) is 4.79 Å². The lowest BCUT2D eigenvalue weighted by atomic mass is 9.86. The monoisotopic (exact) mass is 400 g/mol. The van der Waals surface area contributed by atoms with Gasteiger partial charge in [0, 0.05) is 29.6 Å². The van der Waals surface area contributed by atoms with Crippen LogP contribution in [0.5, 0.6) is 0 Å². The molecule has 1 fully saturated rings. The van der Waals surface area contributed by atoms with E-state index in [1.807, 2.05) is 24.3 Å². The molecule has 0 aliphatic heterocycles. The highest BCUT2D eigenvalue weighted by molar-refractivity contribution is 5.88. The van der Waals surface area contributed by atoms with Gasteiger partial charge in [-0.15, -0.1) is 0 Å². The molecule has 2 aromatic rings. The number of carboxylic acids is 1. The van der Waals surface area contributed by atoms with E-state index in [0.717, 1.165) is 35.7 Å². The normalized spacial score (nSPS) is 20.0. The average molecular weight is 400 g/mol. The number of para-hydroxylation sites is 1. The fourth-order valence-electron chi connectivity index (χ4n) is 3.88. The lowest BCUT2D eigenvalue weighted by Crippen LogP contribution is -2.50. The van der Waals surface area contributed by atoms with Crippen LogP contribution in [0.3, 0.4) is 0 Å². The van der Waals surface area contributed by atoms with Crippen LogP contribution < -0.4 is 16.0 Å². The summed E-state index contributed by atoms with van der Waals surface area (Å²) in [6, 6.07) is 5.93. The highest BCUT2D eigenvalue weighted by atomic mass is 16.4. The first-order chi connectivity index (χ1) is 13.9. The molecule has 0 saturated heterocycles. The van der Waals surface area contributed by atoms with Crippen LogP contribution in [0, 0.1) is 5.92 Å². The lowest BCUT2D eigenvalue weighted by Gasteiger charge is -2.29. The predicted octanol–water partition coefficient (Wildman–Crippen LogP) is 2.16. The fraction of sp³-hybridized carbons (Fsp3) is 0.476. The summed E-state index contributed by atoms with van der Waals surface area (Å²) in [4.78, 5) is 38.9. The summed E-state index contributed by atoms with van der Waals surface area (Å²) in [5.74, 6) is -0.970. The molecule has 1 saturated carbocycles. The standard InChI is InChI=1S/C21H28N4O4/c1-13-6-2-4-8-16(13)24-19(26)12-23-21(29)25-18(20(27)28)10-14-11-22-17-9-5-3-7-15(14)17/h3,5,7,9,11,13,16,18,22H,2,4,6,8,10,12H2,1H3,(H,24,26)(H,27,28)(H2,23,25,29)/t13-,16+,18+/m1/s1. The highest BCUT2D eigenvalue weighted by Crippen LogP contribution is 2.23. The molecule has 3 amide bonds. The van der Waals surface area contributed by atoms with Crippen molar-refractivity contribution >= 4 is 28.8 Å². The van der Waals surface area contributed by atoms with Crippen molar-refractivity contribution in [2.24, 2.45) is 5.92 Å². The van der Waals surface area contributed by atoms with Gasteiger partial charge < -0.3 is 26.0 Å². The second-order valence-electron chi connectivity index (χ2n) is 7.72. The van der Waals surface area contributed by atoms with Crippen molar-refractivity contribution in [2.75, 3.05) is 6.54 Å². The van der Waals surface area contributed by atoms with E-state index in [0.29, 0.717) is 5.92 Å². The summed E-state index contributed by atoms with van der Waals surface area (Å²) < 4.78 is 0. The Balaban J connectivity index is 1.50. The molecule has 3 atom stereocenters. The highest BCUT2D eigenvalue weighted by Gasteiger charge is 2.24. The maximum atomic E-state index is 12.1. The Morgan fingerprint density at radius 2 is 1.97 bits per heavy atom. The zero-order valence-electron chi connectivity index (χ0n) is 16.5. The molecule has 5 N–H and O–H groups in total. The lowest BCUT2D eigenvalue weighted by molar-refractivity contribution is -0.139. The third-order valence-corrected chi connectivity index (χ3v) is 5.57. The first-order valence-corrected chi connectivity index (χ1v) is 10.1. The van der Waals surface area contributed by atoms with E-state index < -0.39 is 18.0 Å². The maximum Gasteiger partial charge on any atom is 0.326 e. The van der Waals surface area contributed by atoms with Gasteiger partial charge in [0.25, 0.3) is 0 Å². The van der Waals surface area contributed by atoms with Crippen LogP contribution in [0.1, 0.15) is 38.2 Å². The molecular weight excluding hydrogens is 372 g/mol. The van der Waals surface area contributed by atoms with Crippen molar-refractivity contribution in [1.29, 1.82) is 0 Å². The summed E-state index contributed by atoms with van der Waals surface area (Å²) in [5, 5.41) is 18.3. The van der Waals surface area contributed by atoms with Gasteiger partial charge in [-0.2, -0.15) is 0 Å². The van der Waals surface area contributed by atoms with Gasteiger partial charge in [0.05, 0.1) is 6.54 Å². The Morgan fingerprint density at radius 1 is 1.21 bits per heavy atom. The van der Waals surface area contributed by atoms with Crippen LogP contribution in [0.4, 0.5) is 4.79 Å². The summed E-state index contributed by atoms with van der Waals surface area (Å²) in [7, 11) is 0. The number of nitrogens with one attached hydrogen (secondary N) is 4. The third kappa shape index (κ3) is 5.49. The largest absolute Gasteiger partial charge is 0.480 e. The SMILES string of the molecule is C[C@@H]1CCCC[C@@H]1NC(=O)CNC(=O)N[C@@H](Cc1c[nH]c2ccccc12)C(=O)O. The van der Waals surface area contributed by atoms with E-state index in [1.54, 1.807) is 6.20 Å². The summed E-state index contributed by atoms with van der Waals surface area (Å²) >= 11 is 0. The average Bonchev–Trinajstić information content (AvgIpc) is 3.10. The maximum absolute atomic E-state index is 12.1. The number of amides is 3. The zero-order chi connectivity index (χ0) is 20.8. The summed E-state index contributed by atoms with van der Waals surface area (Å²) in [5.41, 5.74) is 1.71. The van der Waals surface area contributed by atoms with E-state index in [9.17, 15) is 19.5 Å². The molecule has 1 aromatic carbocycles. The number of urea groups is 1. The van der Waals surface area contributed by atoms with Crippen LogP contribution in [-0.4, -0.2) is 46.6 Å². The number of aromatic nitrogens is 1. The number of fused-ring (bicyclic) bond motifs is 1. The fourth-order valence-corrected chi connectivity index (χ4v) is 3.88. The summed E-state index contributed by atoms with van der Waals surface area (Å²) in [6.45, 7) is 1.93. The number of aliphatic carboxylic acids is 1. The van der Waals surface area contributed by atoms with Crippen molar-refractivity contribution in [1.82, 2.24) is 20.9 Å². The van der Waals surface area contributed by atoms with Gasteiger partial charge in [0.1, 0.15) is 6.04 Å². The minimum Gasteiger partial charge on any atom is -0.480 e. The number of carbonyl (C=O) groups excluding carboxylic acids is 2. The zero-order valence-corrected chi connectivity index (χ0v) is 16.5. The second-order valence-corrected chi connectivity index (χ2v) is 7.72. The Bertz CT molecular complexity index is 878. The predicted molar refractivity (Wildman–Crippen MR) is 110 cm³/mol. The number of rotatable bonds is 7. The van der Waals surface area contributed by atoms with Crippen LogP contribution >= 0.6 is 0 Å². The molecule has 8 heteroatoms. The molecule has 0 spiro atoms. The Kier molecular flexibility index (Phi) is 6.74. The number of aromatic amines is 1. The van der Waals surface area contributed by atoms with Gasteiger partial charge in [-0.1, -0.05) is 38.0 Å². The first-order valence-electron chi connectivity index (χ1n) is 10.1. The molecule has 0 bridgehead atoms. The Hall–Kier alpha value is -3.03. The number of hydrogen-bond donors (Lipinski definition) is 5. The van der Waals surface area contributed by atoms with Gasteiger partial charge in [0.15, 0.2) is 0 Å². The van der Waals surface area contributed by atoms with Crippen molar-refractivity contribution < 1.29 is 19.5 Å². The van der Waals surface area contributed by atoms with E-state index in [-0.39, 0.29) is 24.9 Å². The molecular formula is C21H28N4O4. The van der Waals surface area contributed by atoms with Gasteiger partial charge >= 0.3 is 12.0 Å². The molecule has 1 aromatic heterocycles. The molecule has 29 heavy (non-hydrogen) atoms. The van der Waals surface area contributed by atoms with E-state index in [1.165, 1.54) is 6.42 Å². The molecule has 1 aliphatic rings. The molecule has 156 valence electrons. The molecule has 1 heterocycles. The van der Waals surface area contributed by atoms with E-state index in [4.69, 9.17) is 0 Å². The molecule has 3 rings (SSSR count). The van der Waals surface area contributed by atoms with Crippen LogP contribution in [0.2, 0.25) is 0 Å². The summed E-state index contributed by atoms with van der Waals surface area (Å²) in [6.07, 6.45) is 6.20. The first kappa shape index (κ1) is 20.7. The molecule has 8 nitrogen and oxygen atoms in total. The minimum atomic E-state index is -1.13. The number of H-pyrrole nitrogens is 1. The van der Waals surface area contributed by atoms with Crippen molar-refractivity contribution in [3.05, 3.63) is 36.0 Å². The van der Waals surface area contributed by atoms with Crippen molar-refractivity contribution in [2.45, 2.75) is 51.1 Å². The van der Waals surface area contributed by atoms with Gasteiger partial charge in [0.2, 0.25) is 5.91 Å². The number of carbonyl (C=O) groups is 3. The quantitative estimate of drug-likeness (QED) is 0.489. The smallest absolute Gasteiger partial charge is 0.326 e. The Labute approximate surface area is 169 Å². The number of carboxylic acid groups (broad SMARTS) is 1. The van der Waals surface area contributed by atoms with E-state index in [2.05, 4.69) is 27.9 Å². The number of hydrogen-bond acceptors (Lipinski definition) is 3. The van der Waals surface area contributed by atoms with Crippen LogP contribution in [0.25, 0.3) is 10.9 Å². The van der Waals surface area contributed by atoms with Gasteiger partial charge in [-0.05, 0) is 30.4 Å². The molecule has 1 aliphatic carbocycles. The van der Waals surface area contributed by atoms with Crippen molar-refractivity contribution in [3.63, 3.8) is 0 Å². The third-order valence-electron chi connectivity index (χ3n) is 5.57. The molecule has 0 unspecified atom stereocenters. The molecule has 0 radical (unpaired) electrons. The van der Waals surface area contributed by atoms with Crippen molar-refractivity contribution in [3.8, 4) is 0 Å².